The van der Waals surface area contributed by atoms with Gasteiger partial charge in [0.25, 0.3) is 0 Å². The zero-order chi connectivity index (χ0) is 10.6. The van der Waals surface area contributed by atoms with Crippen molar-refractivity contribution in [2.75, 3.05) is 7.11 Å². The summed E-state index contributed by atoms with van der Waals surface area (Å²) >= 11 is 0. The Morgan fingerprint density at radius 3 is 2.14 bits per heavy atom. The van der Waals surface area contributed by atoms with Crippen LogP contribution in [0, 0.1) is 5.41 Å². The van der Waals surface area contributed by atoms with Gasteiger partial charge in [-0.15, -0.1) is 0 Å². The summed E-state index contributed by atoms with van der Waals surface area (Å²) in [5.41, 5.74) is -0.457. The molecule has 0 amide bonds. The molecule has 1 atom stereocenters. The van der Waals surface area contributed by atoms with Crippen molar-refractivity contribution < 1.29 is 31.7 Å². The Morgan fingerprint density at radius 2 is 1.86 bits per heavy atom. The Bertz CT molecular complexity index is 216. The molecule has 0 aromatic carbocycles. The summed E-state index contributed by atoms with van der Waals surface area (Å²) in [6.07, 6.45) is 0.806. The molecule has 0 bridgehead atoms. The number of aliphatic hydroxyl groups excluding tert-OH is 1. The van der Waals surface area contributed by atoms with Gasteiger partial charge in [-0.2, -0.15) is 0 Å². The van der Waals surface area contributed by atoms with E-state index in [1.165, 1.54) is 13.2 Å². The minimum atomic E-state index is -0.457. The summed E-state index contributed by atoms with van der Waals surface area (Å²) in [6, 6.07) is 0. The fourth-order valence-corrected chi connectivity index (χ4v) is 0.589. The van der Waals surface area contributed by atoms with Crippen LogP contribution in [0.25, 0.3) is 0 Å². The molecular weight excluding hydrogens is 224 g/mol. The number of carbonyl (C=O) groups excluding carboxylic acids is 1. The van der Waals surface area contributed by atoms with Gasteiger partial charge in [-0.3, -0.25) is 4.79 Å². The number of rotatable bonds is 3. The number of carbonyl (C=O) groups is 1. The first-order valence-corrected chi connectivity index (χ1v) is 4.27. The van der Waals surface area contributed by atoms with Crippen LogP contribution in [0.2, 0.25) is 0 Å². The zero-order valence-corrected chi connectivity index (χ0v) is 10.4. The van der Waals surface area contributed by atoms with Crippen LogP contribution < -0.4 is 0 Å². The van der Waals surface area contributed by atoms with E-state index in [0.717, 1.165) is 0 Å². The van der Waals surface area contributed by atoms with Gasteiger partial charge in [0, 0.05) is 35.7 Å². The minimum Gasteiger partial charge on any atom is -0.509 e. The van der Waals surface area contributed by atoms with Crippen LogP contribution in [0.5, 0.6) is 0 Å². The van der Waals surface area contributed by atoms with Gasteiger partial charge >= 0.3 is 0 Å². The van der Waals surface area contributed by atoms with Gasteiger partial charge in [0.05, 0.1) is 0 Å². The van der Waals surface area contributed by atoms with Gasteiger partial charge in [-0.1, -0.05) is 20.8 Å². The van der Waals surface area contributed by atoms with Gasteiger partial charge in [-0.05, 0) is 6.92 Å². The molecule has 0 saturated carbocycles. The first-order valence-electron chi connectivity index (χ1n) is 4.27. The van der Waals surface area contributed by atoms with Gasteiger partial charge < -0.3 is 9.84 Å². The standard InChI is InChI=1S/C10H18O3.Fe/c1-7(13-5)8(11)6-9(12)10(2,3)4;/h6-7,11H,1-5H3;/b8-6-;. The van der Waals surface area contributed by atoms with E-state index in [4.69, 9.17) is 4.74 Å². The van der Waals surface area contributed by atoms with Crippen molar-refractivity contribution in [2.24, 2.45) is 5.41 Å². The van der Waals surface area contributed by atoms with E-state index < -0.39 is 11.5 Å². The maximum absolute atomic E-state index is 11.4. The Hall–Kier alpha value is -0.311. The Morgan fingerprint density at radius 1 is 1.43 bits per heavy atom. The molecule has 0 saturated heterocycles. The second-order valence-electron chi connectivity index (χ2n) is 4.06. The first kappa shape index (κ1) is 16.1. The summed E-state index contributed by atoms with van der Waals surface area (Å²) in [5, 5.41) is 9.37. The van der Waals surface area contributed by atoms with Crippen LogP contribution in [0.15, 0.2) is 11.8 Å². The number of hydrogen-bond acceptors (Lipinski definition) is 3. The number of hydrogen-bond donors (Lipinski definition) is 1. The summed E-state index contributed by atoms with van der Waals surface area (Å²) in [7, 11) is 1.48. The normalized spacial score (nSPS) is 14.5. The molecule has 0 aromatic rings. The van der Waals surface area contributed by atoms with E-state index in [9.17, 15) is 9.90 Å². The molecule has 1 N–H and O–H groups in total. The zero-order valence-electron chi connectivity index (χ0n) is 9.27. The maximum atomic E-state index is 11.4. The molecule has 1 unspecified atom stereocenters. The summed E-state index contributed by atoms with van der Waals surface area (Å²) in [6.45, 7) is 7.09. The molecule has 0 fully saturated rings. The number of allylic oxidation sites excluding steroid dienone is 1. The van der Waals surface area contributed by atoms with E-state index in [1.807, 2.05) is 0 Å². The topological polar surface area (TPSA) is 46.5 Å². The molecule has 0 aliphatic carbocycles. The summed E-state index contributed by atoms with van der Waals surface area (Å²) in [4.78, 5) is 11.4. The van der Waals surface area contributed by atoms with Crippen LogP contribution in [-0.2, 0) is 26.6 Å². The van der Waals surface area contributed by atoms with Crippen molar-refractivity contribution in [3.63, 3.8) is 0 Å². The number of ketones is 1. The molecule has 0 aromatic heterocycles. The Labute approximate surface area is 96.0 Å². The fraction of sp³-hybridized carbons (Fsp3) is 0.700. The van der Waals surface area contributed by atoms with Gasteiger partial charge in [0.1, 0.15) is 11.9 Å². The van der Waals surface area contributed by atoms with Crippen molar-refractivity contribution in [3.8, 4) is 0 Å². The molecular formula is C10H18FeO3. The molecule has 0 rings (SSSR count). The third-order valence-electron chi connectivity index (χ3n) is 1.79. The van der Waals surface area contributed by atoms with Crippen LogP contribution in [-0.4, -0.2) is 24.1 Å². The van der Waals surface area contributed by atoms with Gasteiger partial charge in [0.2, 0.25) is 0 Å². The monoisotopic (exact) mass is 242 g/mol. The number of methoxy groups -OCH3 is 1. The SMILES string of the molecule is COC(C)/C(O)=C/C(=O)C(C)(C)C.[Fe]. The second kappa shape index (κ2) is 6.23. The summed E-state index contributed by atoms with van der Waals surface area (Å²) < 4.78 is 4.85. The molecule has 4 heteroatoms. The van der Waals surface area contributed by atoms with Crippen molar-refractivity contribution in [3.05, 3.63) is 11.8 Å². The molecule has 0 spiro atoms. The molecule has 0 radical (unpaired) electrons. The maximum Gasteiger partial charge on any atom is 0.164 e. The quantitative estimate of drug-likeness (QED) is 0.468. The van der Waals surface area contributed by atoms with Crippen LogP contribution in [0.1, 0.15) is 27.7 Å². The van der Waals surface area contributed by atoms with E-state index in [1.54, 1.807) is 27.7 Å². The average molecular weight is 242 g/mol. The predicted molar refractivity (Wildman–Crippen MR) is 51.6 cm³/mol. The molecule has 3 nitrogen and oxygen atoms in total. The molecule has 0 aliphatic rings. The molecule has 0 aliphatic heterocycles. The second-order valence-corrected chi connectivity index (χ2v) is 4.06. The van der Waals surface area contributed by atoms with Gasteiger partial charge in [-0.25, -0.2) is 0 Å². The van der Waals surface area contributed by atoms with E-state index in [2.05, 4.69) is 0 Å². The average Bonchev–Trinajstić information content (AvgIpc) is 2.01. The molecule has 84 valence electrons. The van der Waals surface area contributed by atoms with Crippen molar-refractivity contribution >= 4 is 5.78 Å². The molecule has 0 heterocycles. The number of aliphatic hydroxyl groups is 1. The van der Waals surface area contributed by atoms with E-state index in [-0.39, 0.29) is 28.6 Å². The number of ether oxygens (including phenoxy) is 1. The first-order chi connectivity index (χ1) is 5.79. The third-order valence-corrected chi connectivity index (χ3v) is 1.79. The van der Waals surface area contributed by atoms with Crippen molar-refractivity contribution in [1.29, 1.82) is 0 Å². The van der Waals surface area contributed by atoms with Crippen LogP contribution in [0.3, 0.4) is 0 Å². The Balaban J connectivity index is 0. The minimum absolute atomic E-state index is 0. The van der Waals surface area contributed by atoms with E-state index >= 15 is 0 Å². The fourth-order valence-electron chi connectivity index (χ4n) is 0.589. The molecule has 14 heavy (non-hydrogen) atoms. The third kappa shape index (κ3) is 5.43. The van der Waals surface area contributed by atoms with Crippen molar-refractivity contribution in [2.45, 2.75) is 33.8 Å². The summed E-state index contributed by atoms with van der Waals surface area (Å²) in [5.74, 6) is -0.128. The largest absolute Gasteiger partial charge is 0.509 e. The Kier molecular flexibility index (Phi) is 7.17. The van der Waals surface area contributed by atoms with Crippen molar-refractivity contribution in [1.82, 2.24) is 0 Å². The van der Waals surface area contributed by atoms with E-state index in [0.29, 0.717) is 0 Å². The predicted octanol–water partition coefficient (Wildman–Crippen LogP) is 2.08. The van der Waals surface area contributed by atoms with Crippen LogP contribution in [0.4, 0.5) is 0 Å². The van der Waals surface area contributed by atoms with Crippen LogP contribution >= 0.6 is 0 Å². The smallest absolute Gasteiger partial charge is 0.164 e. The van der Waals surface area contributed by atoms with Gasteiger partial charge in [0.15, 0.2) is 5.78 Å².